The van der Waals surface area contributed by atoms with Crippen LogP contribution >= 0.6 is 0 Å². The van der Waals surface area contributed by atoms with Crippen LogP contribution in [0.3, 0.4) is 0 Å². The molecular formula is C20H31N3O3. The second-order valence-electron chi connectivity index (χ2n) is 7.21. The van der Waals surface area contributed by atoms with Crippen molar-refractivity contribution in [1.29, 1.82) is 0 Å². The zero-order valence-electron chi connectivity index (χ0n) is 16.1. The zero-order valence-corrected chi connectivity index (χ0v) is 16.1. The fourth-order valence-corrected chi connectivity index (χ4v) is 3.24. The first-order valence-corrected chi connectivity index (χ1v) is 9.32. The molecule has 0 bridgehead atoms. The number of hydrogen-bond acceptors (Lipinski definition) is 4. The van der Waals surface area contributed by atoms with Gasteiger partial charge in [0.15, 0.2) is 0 Å². The minimum Gasteiger partial charge on any atom is -0.497 e. The lowest BCUT2D eigenvalue weighted by atomic mass is 9.81. The lowest BCUT2D eigenvalue weighted by molar-refractivity contribution is -0.130. The summed E-state index contributed by atoms with van der Waals surface area (Å²) in [6, 6.07) is 7.69. The minimum absolute atomic E-state index is 0.0130. The lowest BCUT2D eigenvalue weighted by Crippen LogP contribution is -2.39. The molecule has 0 heterocycles. The van der Waals surface area contributed by atoms with E-state index in [-0.39, 0.29) is 23.7 Å². The van der Waals surface area contributed by atoms with Gasteiger partial charge in [-0.2, -0.15) is 0 Å². The summed E-state index contributed by atoms with van der Waals surface area (Å²) in [4.78, 5) is 26.6. The van der Waals surface area contributed by atoms with Crippen LogP contribution in [-0.2, 0) is 16.1 Å². The van der Waals surface area contributed by atoms with Gasteiger partial charge in [0.1, 0.15) is 5.75 Å². The predicted octanol–water partition coefficient (Wildman–Crippen LogP) is 1.80. The number of methoxy groups -OCH3 is 1. The van der Waals surface area contributed by atoms with E-state index in [2.05, 4.69) is 10.6 Å². The highest BCUT2D eigenvalue weighted by Crippen LogP contribution is 2.29. The van der Waals surface area contributed by atoms with Gasteiger partial charge in [-0.15, -0.1) is 0 Å². The monoisotopic (exact) mass is 361 g/mol. The predicted molar refractivity (Wildman–Crippen MR) is 102 cm³/mol. The van der Waals surface area contributed by atoms with Crippen molar-refractivity contribution in [2.75, 3.05) is 34.3 Å². The molecule has 1 fully saturated rings. The molecule has 0 unspecified atom stereocenters. The van der Waals surface area contributed by atoms with Gasteiger partial charge in [0.25, 0.3) is 0 Å². The fourth-order valence-electron chi connectivity index (χ4n) is 3.24. The summed E-state index contributed by atoms with van der Waals surface area (Å²) in [5, 5.41) is 6.00. The molecule has 2 N–H and O–H groups in total. The van der Waals surface area contributed by atoms with Crippen LogP contribution in [0.25, 0.3) is 0 Å². The van der Waals surface area contributed by atoms with Crippen molar-refractivity contribution in [3.63, 3.8) is 0 Å². The van der Waals surface area contributed by atoms with Crippen LogP contribution in [0.2, 0.25) is 0 Å². The topological polar surface area (TPSA) is 70.7 Å². The van der Waals surface area contributed by atoms with Gasteiger partial charge in [-0.1, -0.05) is 12.1 Å². The molecule has 0 saturated heterocycles. The maximum Gasteiger partial charge on any atom is 0.223 e. The molecule has 0 spiro atoms. The Bertz CT molecular complexity index is 578. The zero-order chi connectivity index (χ0) is 18.9. The van der Waals surface area contributed by atoms with E-state index in [0.29, 0.717) is 13.1 Å². The fraction of sp³-hybridized carbons (Fsp3) is 0.600. The number of nitrogens with zero attached hydrogens (tertiary/aromatic N) is 1. The van der Waals surface area contributed by atoms with E-state index in [1.54, 1.807) is 7.11 Å². The van der Waals surface area contributed by atoms with Crippen LogP contribution in [-0.4, -0.2) is 51.0 Å². The molecule has 1 aliphatic rings. The van der Waals surface area contributed by atoms with Crippen molar-refractivity contribution in [3.8, 4) is 5.75 Å². The van der Waals surface area contributed by atoms with Crippen molar-refractivity contribution < 1.29 is 14.3 Å². The Kier molecular flexibility index (Phi) is 7.91. The van der Waals surface area contributed by atoms with Crippen molar-refractivity contribution in [2.45, 2.75) is 32.2 Å². The van der Waals surface area contributed by atoms with Gasteiger partial charge in [-0.3, -0.25) is 9.59 Å². The van der Waals surface area contributed by atoms with Crippen molar-refractivity contribution >= 4 is 11.8 Å². The molecule has 2 amide bonds. The van der Waals surface area contributed by atoms with Gasteiger partial charge in [-0.25, -0.2) is 0 Å². The van der Waals surface area contributed by atoms with Crippen LogP contribution in [0.4, 0.5) is 0 Å². The molecule has 1 aromatic rings. The van der Waals surface area contributed by atoms with E-state index >= 15 is 0 Å². The highest BCUT2D eigenvalue weighted by Gasteiger charge is 2.29. The Labute approximate surface area is 156 Å². The summed E-state index contributed by atoms with van der Waals surface area (Å²) in [6.07, 6.45) is 3.13. The van der Waals surface area contributed by atoms with E-state index < -0.39 is 0 Å². The van der Waals surface area contributed by atoms with Crippen LogP contribution in [0.5, 0.6) is 5.75 Å². The van der Waals surface area contributed by atoms with Crippen molar-refractivity contribution in [3.05, 3.63) is 29.8 Å². The number of likely N-dealkylation sites (N-methyl/N-ethyl adjacent to an activating group) is 1. The number of carbonyl (C=O) groups excluding carboxylic acids is 2. The number of hydrogen-bond donors (Lipinski definition) is 2. The number of nitrogens with one attached hydrogen (secondary N) is 2. The number of carbonyl (C=O) groups is 2. The van der Waals surface area contributed by atoms with E-state index in [1.807, 2.05) is 43.3 Å². The van der Waals surface area contributed by atoms with E-state index in [0.717, 1.165) is 43.5 Å². The first-order valence-electron chi connectivity index (χ1n) is 9.32. The number of amides is 2. The van der Waals surface area contributed by atoms with Gasteiger partial charge in [0, 0.05) is 31.5 Å². The first kappa shape index (κ1) is 20.2. The third-order valence-electron chi connectivity index (χ3n) is 4.95. The third-order valence-corrected chi connectivity index (χ3v) is 4.95. The summed E-state index contributed by atoms with van der Waals surface area (Å²) in [6.45, 7) is 2.04. The summed E-state index contributed by atoms with van der Waals surface area (Å²) in [5.74, 6) is 1.08. The normalized spacial score (nSPS) is 19.8. The van der Waals surface area contributed by atoms with Gasteiger partial charge in [0.2, 0.25) is 11.8 Å². The maximum absolute atomic E-state index is 12.4. The highest BCUT2D eigenvalue weighted by atomic mass is 16.5. The quantitative estimate of drug-likeness (QED) is 0.741. The molecule has 0 atom stereocenters. The summed E-state index contributed by atoms with van der Waals surface area (Å²) >= 11 is 0. The molecule has 0 aromatic heterocycles. The molecule has 26 heavy (non-hydrogen) atoms. The standard InChI is InChI=1S/C20H31N3O3/c1-23(2)13-12-21-19(24)16-6-8-17(9-7-16)20(25)22-14-15-4-10-18(26-3)11-5-15/h4-5,10-11,16-17H,6-9,12-14H2,1-3H3,(H,21,24)(H,22,25). The molecule has 6 nitrogen and oxygen atoms in total. The SMILES string of the molecule is COc1ccc(CNC(=O)C2CCC(C(=O)NCCN(C)C)CC2)cc1. The van der Waals surface area contributed by atoms with Crippen LogP contribution < -0.4 is 15.4 Å². The molecule has 144 valence electrons. The van der Waals surface area contributed by atoms with Crippen LogP contribution in [0, 0.1) is 11.8 Å². The Balaban J connectivity index is 1.69. The molecule has 0 radical (unpaired) electrons. The number of benzene rings is 1. The average molecular weight is 361 g/mol. The Morgan fingerprint density at radius 3 is 2.04 bits per heavy atom. The van der Waals surface area contributed by atoms with Gasteiger partial charge >= 0.3 is 0 Å². The average Bonchev–Trinajstić information content (AvgIpc) is 2.66. The smallest absolute Gasteiger partial charge is 0.223 e. The molecule has 1 aliphatic carbocycles. The van der Waals surface area contributed by atoms with Crippen molar-refractivity contribution in [1.82, 2.24) is 15.5 Å². The largest absolute Gasteiger partial charge is 0.497 e. The molecule has 1 aromatic carbocycles. The van der Waals surface area contributed by atoms with Crippen molar-refractivity contribution in [2.24, 2.45) is 11.8 Å². The van der Waals surface area contributed by atoms with E-state index in [4.69, 9.17) is 4.74 Å². The number of ether oxygens (including phenoxy) is 1. The molecule has 1 saturated carbocycles. The summed E-state index contributed by atoms with van der Waals surface area (Å²) < 4.78 is 5.13. The molecule has 6 heteroatoms. The first-order chi connectivity index (χ1) is 12.5. The minimum atomic E-state index is 0.0130. The lowest BCUT2D eigenvalue weighted by Gasteiger charge is -2.27. The third kappa shape index (κ3) is 6.33. The van der Waals surface area contributed by atoms with E-state index in [1.165, 1.54) is 0 Å². The summed E-state index contributed by atoms with van der Waals surface area (Å²) in [7, 11) is 5.61. The van der Waals surface area contributed by atoms with Gasteiger partial charge in [0.05, 0.1) is 7.11 Å². The van der Waals surface area contributed by atoms with Crippen LogP contribution in [0.15, 0.2) is 24.3 Å². The van der Waals surface area contributed by atoms with Gasteiger partial charge < -0.3 is 20.3 Å². The maximum atomic E-state index is 12.4. The molecule has 2 rings (SSSR count). The molecule has 0 aliphatic heterocycles. The summed E-state index contributed by atoms with van der Waals surface area (Å²) in [5.41, 5.74) is 1.05. The molecular weight excluding hydrogens is 330 g/mol. The Hall–Kier alpha value is -2.08. The Morgan fingerprint density at radius 2 is 1.54 bits per heavy atom. The van der Waals surface area contributed by atoms with Gasteiger partial charge in [-0.05, 0) is 57.5 Å². The number of rotatable bonds is 8. The highest BCUT2D eigenvalue weighted by molar-refractivity contribution is 5.81. The Morgan fingerprint density at radius 1 is 1.00 bits per heavy atom. The second kappa shape index (κ2) is 10.2. The second-order valence-corrected chi connectivity index (χ2v) is 7.21. The van der Waals surface area contributed by atoms with E-state index in [9.17, 15) is 9.59 Å². The van der Waals surface area contributed by atoms with Crippen LogP contribution in [0.1, 0.15) is 31.2 Å².